The lowest BCUT2D eigenvalue weighted by Crippen LogP contribution is -2.41. The fourth-order valence-corrected chi connectivity index (χ4v) is 3.58. The molecule has 1 aliphatic rings. The summed E-state index contributed by atoms with van der Waals surface area (Å²) in [7, 11) is 1.55. The van der Waals surface area contributed by atoms with Crippen molar-refractivity contribution in [3.63, 3.8) is 0 Å². The first-order valence-corrected chi connectivity index (χ1v) is 9.47. The van der Waals surface area contributed by atoms with Crippen LogP contribution in [-0.4, -0.2) is 40.7 Å². The second-order valence-electron chi connectivity index (χ2n) is 7.15. The number of anilines is 2. The standard InChI is InChI=1S/C20H20F3N5O2/c1-30-16-6-2-5-15(10-16)24-18(29)13-4-3-9-27(11-13)19-26-25-17-8-7-14(12-28(17)19)20(21,22)23/h2,5-8,10,12-13H,3-4,9,11H2,1H3,(H,24,29). The highest BCUT2D eigenvalue weighted by molar-refractivity contribution is 5.93. The highest BCUT2D eigenvalue weighted by atomic mass is 19.4. The van der Waals surface area contributed by atoms with E-state index in [1.54, 1.807) is 36.3 Å². The molecule has 0 saturated carbocycles. The number of halogens is 3. The number of ether oxygens (including phenoxy) is 1. The molecule has 0 bridgehead atoms. The van der Waals surface area contributed by atoms with Crippen LogP contribution in [-0.2, 0) is 11.0 Å². The zero-order chi connectivity index (χ0) is 21.3. The molecule has 1 saturated heterocycles. The van der Waals surface area contributed by atoms with Gasteiger partial charge in [0.1, 0.15) is 5.75 Å². The fraction of sp³-hybridized carbons (Fsp3) is 0.350. The van der Waals surface area contributed by atoms with Gasteiger partial charge >= 0.3 is 6.18 Å². The molecule has 1 unspecified atom stereocenters. The number of benzene rings is 1. The quantitative estimate of drug-likeness (QED) is 0.700. The largest absolute Gasteiger partial charge is 0.497 e. The molecular formula is C20H20F3N5O2. The summed E-state index contributed by atoms with van der Waals surface area (Å²) in [6, 6.07) is 9.32. The molecule has 1 fully saturated rings. The van der Waals surface area contributed by atoms with Crippen molar-refractivity contribution in [2.24, 2.45) is 5.92 Å². The van der Waals surface area contributed by atoms with Gasteiger partial charge in [0.2, 0.25) is 11.9 Å². The lowest BCUT2D eigenvalue weighted by Gasteiger charge is -2.32. The minimum absolute atomic E-state index is 0.155. The van der Waals surface area contributed by atoms with E-state index in [1.165, 1.54) is 10.5 Å². The zero-order valence-corrected chi connectivity index (χ0v) is 16.2. The molecule has 1 aliphatic heterocycles. The van der Waals surface area contributed by atoms with E-state index in [0.29, 0.717) is 49.0 Å². The number of piperidine rings is 1. The van der Waals surface area contributed by atoms with Gasteiger partial charge in [-0.1, -0.05) is 6.07 Å². The molecule has 3 heterocycles. The van der Waals surface area contributed by atoms with Gasteiger partial charge in [-0.05, 0) is 37.1 Å². The number of pyridine rings is 1. The molecule has 4 rings (SSSR count). The Bertz CT molecular complexity index is 1070. The Hall–Kier alpha value is -3.30. The number of carbonyl (C=O) groups excluding carboxylic acids is 1. The Morgan fingerprint density at radius 3 is 2.83 bits per heavy atom. The second kappa shape index (κ2) is 7.85. The topological polar surface area (TPSA) is 71.8 Å². The second-order valence-corrected chi connectivity index (χ2v) is 7.15. The third-order valence-electron chi connectivity index (χ3n) is 5.12. The van der Waals surface area contributed by atoms with Gasteiger partial charge in [0.25, 0.3) is 0 Å². The van der Waals surface area contributed by atoms with E-state index in [9.17, 15) is 18.0 Å². The van der Waals surface area contributed by atoms with E-state index in [-0.39, 0.29) is 11.8 Å². The van der Waals surface area contributed by atoms with E-state index in [0.717, 1.165) is 12.3 Å². The van der Waals surface area contributed by atoms with Gasteiger partial charge in [-0.3, -0.25) is 9.20 Å². The van der Waals surface area contributed by atoms with E-state index >= 15 is 0 Å². The SMILES string of the molecule is COc1cccc(NC(=O)C2CCCN(c3nnc4ccc(C(F)(F)F)cn34)C2)c1. The van der Waals surface area contributed by atoms with Gasteiger partial charge < -0.3 is 15.0 Å². The molecule has 0 radical (unpaired) electrons. The van der Waals surface area contributed by atoms with Gasteiger partial charge in [-0.15, -0.1) is 10.2 Å². The monoisotopic (exact) mass is 419 g/mol. The molecular weight excluding hydrogens is 399 g/mol. The highest BCUT2D eigenvalue weighted by Gasteiger charge is 2.32. The van der Waals surface area contributed by atoms with Crippen molar-refractivity contribution in [3.8, 4) is 5.75 Å². The molecule has 10 heteroatoms. The number of hydrogen-bond donors (Lipinski definition) is 1. The van der Waals surface area contributed by atoms with Gasteiger partial charge in [0, 0.05) is 31.0 Å². The molecule has 0 aliphatic carbocycles. The van der Waals surface area contributed by atoms with Gasteiger partial charge in [0.15, 0.2) is 5.65 Å². The number of aromatic nitrogens is 3. The number of nitrogens with zero attached hydrogens (tertiary/aromatic N) is 4. The average Bonchev–Trinajstić information content (AvgIpc) is 3.16. The lowest BCUT2D eigenvalue weighted by atomic mass is 9.97. The van der Waals surface area contributed by atoms with E-state index in [4.69, 9.17) is 4.74 Å². The zero-order valence-electron chi connectivity index (χ0n) is 16.2. The van der Waals surface area contributed by atoms with Crippen molar-refractivity contribution < 1.29 is 22.7 Å². The molecule has 158 valence electrons. The third kappa shape index (κ3) is 4.03. The van der Waals surface area contributed by atoms with Crippen LogP contribution in [0.2, 0.25) is 0 Å². The number of nitrogens with one attached hydrogen (secondary N) is 1. The number of methoxy groups -OCH3 is 1. The molecule has 1 N–H and O–H groups in total. The van der Waals surface area contributed by atoms with Crippen molar-refractivity contribution in [2.45, 2.75) is 19.0 Å². The van der Waals surface area contributed by atoms with Crippen LogP contribution in [0, 0.1) is 5.92 Å². The molecule has 1 aromatic carbocycles. The molecule has 30 heavy (non-hydrogen) atoms. The maximum absolute atomic E-state index is 13.1. The third-order valence-corrected chi connectivity index (χ3v) is 5.12. The summed E-state index contributed by atoms with van der Waals surface area (Å²) in [5, 5.41) is 10.9. The normalized spacial score (nSPS) is 17.2. The van der Waals surface area contributed by atoms with Crippen molar-refractivity contribution in [1.82, 2.24) is 14.6 Å². The average molecular weight is 419 g/mol. The Balaban J connectivity index is 1.53. The lowest BCUT2D eigenvalue weighted by molar-refractivity contribution is -0.137. The predicted octanol–water partition coefficient (Wildman–Crippen LogP) is 3.61. The van der Waals surface area contributed by atoms with Crippen LogP contribution in [0.15, 0.2) is 42.6 Å². The summed E-state index contributed by atoms with van der Waals surface area (Å²) in [5.74, 6) is 0.448. The number of fused-ring (bicyclic) bond motifs is 1. The summed E-state index contributed by atoms with van der Waals surface area (Å²) in [4.78, 5) is 14.6. The maximum atomic E-state index is 13.1. The van der Waals surface area contributed by atoms with Crippen LogP contribution in [0.25, 0.3) is 5.65 Å². The number of alkyl halides is 3. The maximum Gasteiger partial charge on any atom is 0.417 e. The van der Waals surface area contributed by atoms with Crippen LogP contribution in [0.3, 0.4) is 0 Å². The first-order valence-electron chi connectivity index (χ1n) is 9.47. The van der Waals surface area contributed by atoms with Gasteiger partial charge in [0.05, 0.1) is 18.6 Å². The van der Waals surface area contributed by atoms with Crippen LogP contribution < -0.4 is 15.0 Å². The van der Waals surface area contributed by atoms with Crippen LogP contribution >= 0.6 is 0 Å². The summed E-state index contributed by atoms with van der Waals surface area (Å²) < 4.78 is 45.8. The minimum atomic E-state index is -4.46. The Kier molecular flexibility index (Phi) is 5.23. The minimum Gasteiger partial charge on any atom is -0.497 e. The Labute approximate surface area is 170 Å². The summed E-state index contributed by atoms with van der Waals surface area (Å²) in [6.45, 7) is 0.923. The smallest absolute Gasteiger partial charge is 0.417 e. The molecule has 1 atom stereocenters. The van der Waals surface area contributed by atoms with Crippen molar-refractivity contribution in [3.05, 3.63) is 48.2 Å². The summed E-state index contributed by atoms with van der Waals surface area (Å²) in [5.41, 5.74) is 0.167. The number of rotatable bonds is 4. The van der Waals surface area contributed by atoms with Crippen molar-refractivity contribution in [1.29, 1.82) is 0 Å². The van der Waals surface area contributed by atoms with Crippen molar-refractivity contribution in [2.75, 3.05) is 30.4 Å². The summed E-state index contributed by atoms with van der Waals surface area (Å²) in [6.07, 6.45) is -2.08. The summed E-state index contributed by atoms with van der Waals surface area (Å²) >= 11 is 0. The Morgan fingerprint density at radius 2 is 2.07 bits per heavy atom. The van der Waals surface area contributed by atoms with E-state index in [1.807, 2.05) is 0 Å². The molecule has 0 spiro atoms. The molecule has 1 amide bonds. The molecule has 3 aromatic rings. The predicted molar refractivity (Wildman–Crippen MR) is 105 cm³/mol. The first-order chi connectivity index (χ1) is 14.3. The fourth-order valence-electron chi connectivity index (χ4n) is 3.58. The van der Waals surface area contributed by atoms with Gasteiger partial charge in [-0.25, -0.2) is 0 Å². The van der Waals surface area contributed by atoms with E-state index < -0.39 is 11.7 Å². The highest BCUT2D eigenvalue weighted by Crippen LogP contribution is 2.31. The van der Waals surface area contributed by atoms with E-state index in [2.05, 4.69) is 15.5 Å². The number of amides is 1. The number of hydrogen-bond acceptors (Lipinski definition) is 5. The van der Waals surface area contributed by atoms with Crippen LogP contribution in [0.5, 0.6) is 5.75 Å². The Morgan fingerprint density at radius 1 is 1.23 bits per heavy atom. The molecule has 7 nitrogen and oxygen atoms in total. The number of carbonyl (C=O) groups is 1. The molecule has 2 aromatic heterocycles. The van der Waals surface area contributed by atoms with Crippen LogP contribution in [0.1, 0.15) is 18.4 Å². The van der Waals surface area contributed by atoms with Gasteiger partial charge in [-0.2, -0.15) is 13.2 Å². The van der Waals surface area contributed by atoms with Crippen LogP contribution in [0.4, 0.5) is 24.8 Å². The first kappa shape index (κ1) is 20.0. The van der Waals surface area contributed by atoms with Crippen molar-refractivity contribution >= 4 is 23.2 Å².